The number of rotatable bonds is 8. The van der Waals surface area contributed by atoms with Crippen LogP contribution >= 0.6 is 11.8 Å². The average molecular weight is 273 g/mol. The Morgan fingerprint density at radius 1 is 1.33 bits per heavy atom. The molecule has 1 N–H and O–H groups in total. The highest BCUT2D eigenvalue weighted by molar-refractivity contribution is 7.98. The van der Waals surface area contributed by atoms with Gasteiger partial charge in [-0.15, -0.1) is 0 Å². The fourth-order valence-electron chi connectivity index (χ4n) is 2.51. The van der Waals surface area contributed by atoms with Crippen molar-refractivity contribution in [2.24, 2.45) is 17.3 Å². The fourth-order valence-corrected chi connectivity index (χ4v) is 3.20. The van der Waals surface area contributed by atoms with Gasteiger partial charge in [-0.3, -0.25) is 0 Å². The van der Waals surface area contributed by atoms with E-state index in [-0.39, 0.29) is 5.41 Å². The summed E-state index contributed by atoms with van der Waals surface area (Å²) in [5.41, 5.74) is 0.286. The zero-order valence-electron chi connectivity index (χ0n) is 13.0. The third-order valence-corrected chi connectivity index (χ3v) is 4.87. The monoisotopic (exact) mass is 273 g/mol. The molecule has 0 saturated heterocycles. The van der Waals surface area contributed by atoms with E-state index >= 15 is 0 Å². The SMILES string of the molecule is CSCC(C)CNC1CC(OCC(C)C)C1(C)C. The van der Waals surface area contributed by atoms with E-state index in [1.54, 1.807) is 0 Å². The summed E-state index contributed by atoms with van der Waals surface area (Å²) < 4.78 is 6.00. The topological polar surface area (TPSA) is 21.3 Å². The Balaban J connectivity index is 2.26. The third-order valence-electron chi connectivity index (χ3n) is 3.97. The second-order valence-electron chi connectivity index (χ2n) is 6.79. The lowest BCUT2D eigenvalue weighted by Crippen LogP contribution is -2.61. The van der Waals surface area contributed by atoms with Gasteiger partial charge in [-0.25, -0.2) is 0 Å². The van der Waals surface area contributed by atoms with E-state index in [1.807, 2.05) is 11.8 Å². The van der Waals surface area contributed by atoms with Crippen molar-refractivity contribution < 1.29 is 4.74 Å². The smallest absolute Gasteiger partial charge is 0.0656 e. The first-order chi connectivity index (χ1) is 8.37. The Bertz CT molecular complexity index is 243. The van der Waals surface area contributed by atoms with Crippen molar-refractivity contribution in [3.8, 4) is 0 Å². The van der Waals surface area contributed by atoms with Gasteiger partial charge in [-0.1, -0.05) is 34.6 Å². The fraction of sp³-hybridized carbons (Fsp3) is 1.00. The predicted molar refractivity (Wildman–Crippen MR) is 82.3 cm³/mol. The summed E-state index contributed by atoms with van der Waals surface area (Å²) in [6, 6.07) is 0.624. The van der Waals surface area contributed by atoms with E-state index in [1.165, 1.54) is 12.2 Å². The van der Waals surface area contributed by atoms with E-state index in [4.69, 9.17) is 4.74 Å². The highest BCUT2D eigenvalue weighted by Crippen LogP contribution is 2.42. The Morgan fingerprint density at radius 2 is 2.00 bits per heavy atom. The molecule has 108 valence electrons. The van der Waals surface area contributed by atoms with Gasteiger partial charge in [0.25, 0.3) is 0 Å². The molecule has 0 aromatic carbocycles. The highest BCUT2D eigenvalue weighted by atomic mass is 32.2. The van der Waals surface area contributed by atoms with Crippen LogP contribution in [-0.4, -0.2) is 37.3 Å². The quantitative estimate of drug-likeness (QED) is 0.732. The lowest BCUT2D eigenvalue weighted by atomic mass is 9.64. The average Bonchev–Trinajstić information content (AvgIpc) is 2.26. The lowest BCUT2D eigenvalue weighted by molar-refractivity contribution is -0.124. The summed E-state index contributed by atoms with van der Waals surface area (Å²) >= 11 is 1.93. The third kappa shape index (κ3) is 4.43. The molecule has 0 radical (unpaired) electrons. The Hall–Kier alpha value is 0.270. The molecule has 1 aliphatic rings. The van der Waals surface area contributed by atoms with Crippen molar-refractivity contribution in [1.82, 2.24) is 5.32 Å². The molecule has 0 aromatic heterocycles. The molecule has 18 heavy (non-hydrogen) atoms. The van der Waals surface area contributed by atoms with Crippen molar-refractivity contribution in [2.75, 3.05) is 25.2 Å². The van der Waals surface area contributed by atoms with Crippen molar-refractivity contribution >= 4 is 11.8 Å². The van der Waals surface area contributed by atoms with Crippen molar-refractivity contribution in [2.45, 2.75) is 53.2 Å². The Morgan fingerprint density at radius 3 is 2.50 bits per heavy atom. The van der Waals surface area contributed by atoms with Gasteiger partial charge in [0, 0.05) is 18.1 Å². The Kier molecular flexibility index (Phi) is 6.49. The molecule has 2 nitrogen and oxygen atoms in total. The van der Waals surface area contributed by atoms with Crippen LogP contribution in [-0.2, 0) is 4.74 Å². The maximum absolute atomic E-state index is 6.00. The molecule has 3 heteroatoms. The first-order valence-electron chi connectivity index (χ1n) is 7.21. The van der Waals surface area contributed by atoms with Gasteiger partial charge in [0.05, 0.1) is 6.10 Å². The second kappa shape index (κ2) is 7.16. The molecule has 1 saturated carbocycles. The number of hydrogen-bond acceptors (Lipinski definition) is 3. The van der Waals surface area contributed by atoms with E-state index in [2.05, 4.69) is 46.2 Å². The molecule has 0 heterocycles. The zero-order chi connectivity index (χ0) is 13.8. The van der Waals surface area contributed by atoms with Crippen LogP contribution < -0.4 is 5.32 Å². The minimum atomic E-state index is 0.286. The number of thioether (sulfide) groups is 1. The summed E-state index contributed by atoms with van der Waals surface area (Å²) in [7, 11) is 0. The number of hydrogen-bond donors (Lipinski definition) is 1. The maximum Gasteiger partial charge on any atom is 0.0656 e. The van der Waals surface area contributed by atoms with Crippen LogP contribution in [0.1, 0.15) is 41.0 Å². The molecule has 3 unspecified atom stereocenters. The molecule has 1 aliphatic carbocycles. The molecule has 0 spiro atoms. The van der Waals surface area contributed by atoms with Gasteiger partial charge >= 0.3 is 0 Å². The van der Waals surface area contributed by atoms with Crippen LogP contribution in [0.3, 0.4) is 0 Å². The van der Waals surface area contributed by atoms with Crippen LogP contribution in [0, 0.1) is 17.3 Å². The largest absolute Gasteiger partial charge is 0.377 e. The van der Waals surface area contributed by atoms with Crippen molar-refractivity contribution in [3.05, 3.63) is 0 Å². The molecule has 0 aromatic rings. The molecule has 3 atom stereocenters. The van der Waals surface area contributed by atoms with Gasteiger partial charge in [-0.05, 0) is 36.8 Å². The number of nitrogens with one attached hydrogen (secondary N) is 1. The van der Waals surface area contributed by atoms with E-state index < -0.39 is 0 Å². The molecular weight excluding hydrogens is 242 g/mol. The van der Waals surface area contributed by atoms with Gasteiger partial charge in [0.15, 0.2) is 0 Å². The van der Waals surface area contributed by atoms with E-state index in [0.29, 0.717) is 18.1 Å². The molecule has 0 aliphatic heterocycles. The van der Waals surface area contributed by atoms with Crippen LogP contribution in [0.25, 0.3) is 0 Å². The van der Waals surface area contributed by atoms with Gasteiger partial charge in [0.1, 0.15) is 0 Å². The molecule has 0 amide bonds. The lowest BCUT2D eigenvalue weighted by Gasteiger charge is -2.52. The minimum absolute atomic E-state index is 0.286. The summed E-state index contributed by atoms with van der Waals surface area (Å²) in [5.74, 6) is 2.63. The summed E-state index contributed by atoms with van der Waals surface area (Å²) in [6.45, 7) is 13.4. The summed E-state index contributed by atoms with van der Waals surface area (Å²) in [5, 5.41) is 3.72. The molecule has 1 rings (SSSR count). The highest BCUT2D eigenvalue weighted by Gasteiger charge is 2.48. The first-order valence-corrected chi connectivity index (χ1v) is 8.61. The maximum atomic E-state index is 6.00. The van der Waals surface area contributed by atoms with Gasteiger partial charge in [-0.2, -0.15) is 11.8 Å². The summed E-state index contributed by atoms with van der Waals surface area (Å²) in [4.78, 5) is 0. The predicted octanol–water partition coefficient (Wildman–Crippen LogP) is 3.41. The minimum Gasteiger partial charge on any atom is -0.377 e. The molecule has 1 fully saturated rings. The molecular formula is C15H31NOS. The van der Waals surface area contributed by atoms with Gasteiger partial charge in [0.2, 0.25) is 0 Å². The van der Waals surface area contributed by atoms with Crippen LogP contribution in [0.5, 0.6) is 0 Å². The van der Waals surface area contributed by atoms with Crippen molar-refractivity contribution in [1.29, 1.82) is 0 Å². The van der Waals surface area contributed by atoms with Crippen molar-refractivity contribution in [3.63, 3.8) is 0 Å². The van der Waals surface area contributed by atoms with E-state index in [9.17, 15) is 0 Å². The second-order valence-corrected chi connectivity index (χ2v) is 7.70. The van der Waals surface area contributed by atoms with Crippen LogP contribution in [0.4, 0.5) is 0 Å². The number of ether oxygens (including phenoxy) is 1. The Labute approximate surface area is 118 Å². The standard InChI is InChI=1S/C15H31NOS/c1-11(2)9-17-14-7-13(15(14,4)5)16-8-12(3)10-18-6/h11-14,16H,7-10H2,1-6H3. The molecule has 0 bridgehead atoms. The van der Waals surface area contributed by atoms with Gasteiger partial charge < -0.3 is 10.1 Å². The summed E-state index contributed by atoms with van der Waals surface area (Å²) in [6.07, 6.45) is 3.79. The van der Waals surface area contributed by atoms with Crippen LogP contribution in [0.15, 0.2) is 0 Å². The van der Waals surface area contributed by atoms with Crippen LogP contribution in [0.2, 0.25) is 0 Å². The van der Waals surface area contributed by atoms with E-state index in [0.717, 1.165) is 19.1 Å². The normalized spacial score (nSPS) is 28.2. The first kappa shape index (κ1) is 16.3. The zero-order valence-corrected chi connectivity index (χ0v) is 13.8.